The van der Waals surface area contributed by atoms with E-state index >= 15 is 0 Å². The van der Waals surface area contributed by atoms with E-state index in [0.717, 1.165) is 16.5 Å². The number of carbonyl (C=O) groups is 1. The van der Waals surface area contributed by atoms with Gasteiger partial charge in [0.05, 0.1) is 13.7 Å². The number of nitrogens with one attached hydrogen (secondary N) is 1. The summed E-state index contributed by atoms with van der Waals surface area (Å²) < 4.78 is 10.7. The summed E-state index contributed by atoms with van der Waals surface area (Å²) in [5, 5.41) is 12.4. The largest absolute Gasteiger partial charge is 0.497 e. The van der Waals surface area contributed by atoms with E-state index in [9.17, 15) is 4.79 Å². The first-order valence-electron chi connectivity index (χ1n) is 8.66. The van der Waals surface area contributed by atoms with Gasteiger partial charge in [0.2, 0.25) is 11.0 Å². The molecule has 0 bridgehead atoms. The third-order valence-corrected chi connectivity index (χ3v) is 4.63. The van der Waals surface area contributed by atoms with E-state index < -0.39 is 0 Å². The fourth-order valence-electron chi connectivity index (χ4n) is 2.42. The third kappa shape index (κ3) is 6.07. The van der Waals surface area contributed by atoms with Crippen LogP contribution in [0.1, 0.15) is 23.4 Å². The van der Waals surface area contributed by atoms with Gasteiger partial charge in [-0.2, -0.15) is 0 Å². The summed E-state index contributed by atoms with van der Waals surface area (Å²) in [6, 6.07) is 17.4. The van der Waals surface area contributed by atoms with Crippen molar-refractivity contribution >= 4 is 22.4 Å². The summed E-state index contributed by atoms with van der Waals surface area (Å²) in [6.45, 7) is 0.467. The lowest BCUT2D eigenvalue weighted by atomic mass is 10.2. The zero-order valence-electron chi connectivity index (χ0n) is 15.1. The molecule has 0 saturated heterocycles. The topological polar surface area (TPSA) is 73.3 Å². The monoisotopic (exact) mass is 383 g/mol. The Balaban J connectivity index is 1.38. The number of ether oxygens (including phenoxy) is 2. The number of benzene rings is 2. The molecule has 0 spiro atoms. The van der Waals surface area contributed by atoms with Gasteiger partial charge in [-0.25, -0.2) is 0 Å². The highest BCUT2D eigenvalue weighted by atomic mass is 32.1. The van der Waals surface area contributed by atoms with Gasteiger partial charge in [-0.15, -0.1) is 10.2 Å². The van der Waals surface area contributed by atoms with E-state index in [2.05, 4.69) is 15.5 Å². The van der Waals surface area contributed by atoms with Crippen LogP contribution in [0.2, 0.25) is 0 Å². The van der Waals surface area contributed by atoms with Crippen molar-refractivity contribution in [2.45, 2.75) is 19.3 Å². The normalized spacial score (nSPS) is 10.4. The molecule has 1 aromatic heterocycles. The molecule has 0 atom stereocenters. The molecule has 0 fully saturated rings. The summed E-state index contributed by atoms with van der Waals surface area (Å²) >= 11 is 1.40. The second-order valence-electron chi connectivity index (χ2n) is 5.84. The maximum Gasteiger partial charge on any atom is 0.226 e. The second-order valence-corrected chi connectivity index (χ2v) is 6.90. The Bertz CT molecular complexity index is 850. The molecule has 0 aliphatic carbocycles. The minimum absolute atomic E-state index is 0.0873. The van der Waals surface area contributed by atoms with Crippen LogP contribution >= 0.6 is 11.3 Å². The first-order valence-corrected chi connectivity index (χ1v) is 9.47. The Morgan fingerprint density at radius 2 is 1.78 bits per heavy atom. The van der Waals surface area contributed by atoms with Crippen molar-refractivity contribution in [3.05, 3.63) is 65.2 Å². The fourth-order valence-corrected chi connectivity index (χ4v) is 3.21. The first kappa shape index (κ1) is 18.8. The Kier molecular flexibility index (Phi) is 6.76. The highest BCUT2D eigenvalue weighted by molar-refractivity contribution is 7.15. The van der Waals surface area contributed by atoms with Crippen molar-refractivity contribution in [2.24, 2.45) is 0 Å². The molecule has 0 aliphatic rings. The third-order valence-electron chi connectivity index (χ3n) is 3.79. The van der Waals surface area contributed by atoms with Gasteiger partial charge in [0.1, 0.15) is 16.5 Å². The molecule has 3 aromatic rings. The molecular formula is C20H21N3O3S. The summed E-state index contributed by atoms with van der Waals surface area (Å²) in [4.78, 5) is 12.0. The molecule has 27 heavy (non-hydrogen) atoms. The van der Waals surface area contributed by atoms with E-state index in [0.29, 0.717) is 31.0 Å². The molecule has 140 valence electrons. The summed E-state index contributed by atoms with van der Waals surface area (Å²) in [6.07, 6.45) is 1.70. The van der Waals surface area contributed by atoms with Crippen molar-refractivity contribution in [2.75, 3.05) is 19.0 Å². The van der Waals surface area contributed by atoms with E-state index in [1.54, 1.807) is 7.11 Å². The predicted octanol–water partition coefficient (Wildman–Crippen LogP) is 3.94. The molecule has 0 aliphatic heterocycles. The van der Waals surface area contributed by atoms with Crippen LogP contribution in [0, 0.1) is 0 Å². The highest BCUT2D eigenvalue weighted by Gasteiger charge is 2.09. The van der Waals surface area contributed by atoms with Gasteiger partial charge in [0, 0.05) is 12.8 Å². The lowest BCUT2D eigenvalue weighted by Crippen LogP contribution is -2.12. The summed E-state index contributed by atoms with van der Waals surface area (Å²) in [7, 11) is 1.62. The zero-order chi connectivity index (χ0) is 18.9. The number of rotatable bonds is 9. The minimum Gasteiger partial charge on any atom is -0.497 e. The molecule has 7 heteroatoms. The number of hydrogen-bond acceptors (Lipinski definition) is 6. The number of aromatic nitrogens is 2. The molecule has 1 amide bonds. The van der Waals surface area contributed by atoms with Gasteiger partial charge in [0.25, 0.3) is 0 Å². The molecule has 0 unspecified atom stereocenters. The van der Waals surface area contributed by atoms with Gasteiger partial charge in [-0.05, 0) is 36.2 Å². The molecular weight excluding hydrogens is 362 g/mol. The Labute approximate surface area is 162 Å². The smallest absolute Gasteiger partial charge is 0.226 e. The number of methoxy groups -OCH3 is 1. The van der Waals surface area contributed by atoms with E-state index in [1.165, 1.54) is 16.9 Å². The molecule has 1 heterocycles. The van der Waals surface area contributed by atoms with Crippen LogP contribution in [-0.2, 0) is 11.2 Å². The second kappa shape index (κ2) is 9.68. The molecule has 3 rings (SSSR count). The Hall–Kier alpha value is -2.93. The molecule has 0 saturated carbocycles. The maximum absolute atomic E-state index is 12.0. The van der Waals surface area contributed by atoms with Crippen molar-refractivity contribution in [3.63, 3.8) is 0 Å². The van der Waals surface area contributed by atoms with Crippen molar-refractivity contribution in [1.82, 2.24) is 10.2 Å². The van der Waals surface area contributed by atoms with Crippen LogP contribution in [0.3, 0.4) is 0 Å². The van der Waals surface area contributed by atoms with E-state index in [4.69, 9.17) is 9.47 Å². The van der Waals surface area contributed by atoms with Gasteiger partial charge in [0.15, 0.2) is 0 Å². The van der Waals surface area contributed by atoms with Crippen molar-refractivity contribution < 1.29 is 14.3 Å². The zero-order valence-corrected chi connectivity index (χ0v) is 15.9. The number of amides is 1. The van der Waals surface area contributed by atoms with Gasteiger partial charge in [-0.1, -0.05) is 41.7 Å². The lowest BCUT2D eigenvalue weighted by Gasteiger charge is -2.06. The van der Waals surface area contributed by atoms with Crippen LogP contribution < -0.4 is 14.8 Å². The fraction of sp³-hybridized carbons (Fsp3) is 0.250. The number of carbonyl (C=O) groups excluding carboxylic acids is 1. The average Bonchev–Trinajstić information content (AvgIpc) is 3.13. The Morgan fingerprint density at radius 1 is 1.04 bits per heavy atom. The van der Waals surface area contributed by atoms with Crippen LogP contribution in [-0.4, -0.2) is 29.8 Å². The van der Waals surface area contributed by atoms with Gasteiger partial charge >= 0.3 is 0 Å². The maximum atomic E-state index is 12.0. The number of hydrogen-bond donors (Lipinski definition) is 1. The lowest BCUT2D eigenvalue weighted by molar-refractivity contribution is -0.116. The van der Waals surface area contributed by atoms with Crippen molar-refractivity contribution in [1.29, 1.82) is 0 Å². The Morgan fingerprint density at radius 3 is 2.52 bits per heavy atom. The van der Waals surface area contributed by atoms with E-state index in [-0.39, 0.29) is 5.91 Å². The molecule has 0 radical (unpaired) electrons. The van der Waals surface area contributed by atoms with Gasteiger partial charge in [-0.3, -0.25) is 4.79 Å². The number of anilines is 1. The first-order chi connectivity index (χ1) is 13.2. The molecule has 1 N–H and O–H groups in total. The number of nitrogens with zero attached hydrogens (tertiary/aromatic N) is 2. The quantitative estimate of drug-likeness (QED) is 0.567. The van der Waals surface area contributed by atoms with E-state index in [1.807, 2.05) is 54.6 Å². The highest BCUT2D eigenvalue weighted by Crippen LogP contribution is 2.19. The van der Waals surface area contributed by atoms with Crippen LogP contribution in [0.4, 0.5) is 5.13 Å². The van der Waals surface area contributed by atoms with Crippen LogP contribution in [0.15, 0.2) is 54.6 Å². The predicted molar refractivity (Wildman–Crippen MR) is 106 cm³/mol. The summed E-state index contributed by atoms with van der Waals surface area (Å²) in [5.41, 5.74) is 1.17. The van der Waals surface area contributed by atoms with Crippen molar-refractivity contribution in [3.8, 4) is 11.5 Å². The minimum atomic E-state index is -0.0873. The molecule has 6 nitrogen and oxygen atoms in total. The van der Waals surface area contributed by atoms with Crippen LogP contribution in [0.5, 0.6) is 11.5 Å². The van der Waals surface area contributed by atoms with Crippen LogP contribution in [0.25, 0.3) is 0 Å². The summed E-state index contributed by atoms with van der Waals surface area (Å²) in [5.74, 6) is 1.45. The SMILES string of the molecule is COc1ccc(OCCCC(=O)Nc2nnc(Cc3ccccc3)s2)cc1. The van der Waals surface area contributed by atoms with Gasteiger partial charge < -0.3 is 14.8 Å². The standard InChI is InChI=1S/C20H21N3O3S/c1-25-16-9-11-17(12-10-16)26-13-5-8-18(24)21-20-23-22-19(27-20)14-15-6-3-2-4-7-15/h2-4,6-7,9-12H,5,8,13-14H2,1H3,(H,21,23,24). The molecule has 2 aromatic carbocycles. The average molecular weight is 383 g/mol.